The van der Waals surface area contributed by atoms with Crippen molar-refractivity contribution in [3.8, 4) is 0 Å². The Morgan fingerprint density at radius 3 is 2.57 bits per heavy atom. The molecule has 0 bridgehead atoms. The lowest BCUT2D eigenvalue weighted by atomic mass is 10.0. The van der Waals surface area contributed by atoms with Crippen LogP contribution in [0.15, 0.2) is 40.9 Å². The number of thiazole rings is 1. The van der Waals surface area contributed by atoms with Gasteiger partial charge in [0.15, 0.2) is 5.13 Å². The number of anilines is 1. The van der Waals surface area contributed by atoms with Crippen molar-refractivity contribution in [1.82, 2.24) is 9.88 Å². The normalized spacial score (nSPS) is 10.9. The second kappa shape index (κ2) is 9.83. The van der Waals surface area contributed by atoms with Crippen LogP contribution in [-0.4, -0.2) is 43.0 Å². The van der Waals surface area contributed by atoms with E-state index >= 15 is 0 Å². The Morgan fingerprint density at radius 2 is 1.86 bits per heavy atom. The second-order valence-electron chi connectivity index (χ2n) is 7.04. The number of hydrogen-bond donors (Lipinski definition) is 0. The third kappa shape index (κ3) is 5.32. The van der Waals surface area contributed by atoms with Gasteiger partial charge in [-0.25, -0.2) is 4.98 Å². The zero-order valence-corrected chi connectivity index (χ0v) is 19.7. The van der Waals surface area contributed by atoms with Gasteiger partial charge in [-0.1, -0.05) is 45.0 Å². The number of halogens is 2. The van der Waals surface area contributed by atoms with E-state index in [9.17, 15) is 4.79 Å². The van der Waals surface area contributed by atoms with E-state index < -0.39 is 0 Å². The largest absolute Gasteiger partial charge is 0.309 e. The molecule has 1 heterocycles. The highest BCUT2D eigenvalue weighted by Gasteiger charge is 2.22. The Bertz CT molecular complexity index is 973. The number of benzene rings is 2. The first kappa shape index (κ1) is 22.8. The smallest absolute Gasteiger partial charge is 0.260 e. The predicted molar refractivity (Wildman–Crippen MR) is 125 cm³/mol. The highest BCUT2D eigenvalue weighted by molar-refractivity contribution is 9.10. The van der Waals surface area contributed by atoms with Crippen molar-refractivity contribution in [3.63, 3.8) is 0 Å². The molecule has 2 aromatic carbocycles. The third-order valence-electron chi connectivity index (χ3n) is 4.43. The number of nitrogens with zero attached hydrogens (tertiary/aromatic N) is 3. The first-order chi connectivity index (χ1) is 12.8. The van der Waals surface area contributed by atoms with Crippen LogP contribution in [0.2, 0.25) is 0 Å². The summed E-state index contributed by atoms with van der Waals surface area (Å²) in [6, 6.07) is 12.0. The van der Waals surface area contributed by atoms with E-state index in [-0.39, 0.29) is 18.3 Å². The Labute approximate surface area is 185 Å². The number of carbonyl (C=O) groups is 1. The van der Waals surface area contributed by atoms with Crippen molar-refractivity contribution in [2.45, 2.75) is 20.3 Å². The van der Waals surface area contributed by atoms with Crippen LogP contribution in [0.1, 0.15) is 27.9 Å². The van der Waals surface area contributed by atoms with Crippen molar-refractivity contribution >= 4 is 60.9 Å². The molecular formula is C21H25BrClN3OS. The van der Waals surface area contributed by atoms with E-state index in [1.54, 1.807) is 11.3 Å². The van der Waals surface area contributed by atoms with Crippen molar-refractivity contribution in [2.75, 3.05) is 32.1 Å². The fourth-order valence-corrected chi connectivity index (χ4v) is 4.48. The molecule has 0 N–H and O–H groups in total. The van der Waals surface area contributed by atoms with Crippen LogP contribution in [0.4, 0.5) is 5.13 Å². The number of hydrogen-bond acceptors (Lipinski definition) is 4. The Morgan fingerprint density at radius 1 is 1.11 bits per heavy atom. The molecule has 150 valence electrons. The van der Waals surface area contributed by atoms with Crippen LogP contribution in [0.5, 0.6) is 0 Å². The third-order valence-corrected chi connectivity index (χ3v) is 5.96. The molecule has 0 unspecified atom stereocenters. The number of carbonyl (C=O) groups excluding carboxylic acids is 1. The molecule has 7 heteroatoms. The zero-order chi connectivity index (χ0) is 19.6. The molecule has 1 amide bonds. The molecular weight excluding hydrogens is 458 g/mol. The van der Waals surface area contributed by atoms with Gasteiger partial charge < -0.3 is 4.90 Å². The summed E-state index contributed by atoms with van der Waals surface area (Å²) in [5.74, 6) is 0.0214. The first-order valence-electron chi connectivity index (χ1n) is 8.95. The van der Waals surface area contributed by atoms with Gasteiger partial charge in [-0.15, -0.1) is 12.4 Å². The molecule has 0 atom stereocenters. The van der Waals surface area contributed by atoms with Crippen LogP contribution in [0.3, 0.4) is 0 Å². The van der Waals surface area contributed by atoms with Crippen LogP contribution >= 0.6 is 39.7 Å². The Balaban J connectivity index is 0.00000280. The number of aromatic nitrogens is 1. The topological polar surface area (TPSA) is 36.4 Å². The predicted octanol–water partition coefficient (Wildman–Crippen LogP) is 5.70. The molecule has 28 heavy (non-hydrogen) atoms. The van der Waals surface area contributed by atoms with Crippen molar-refractivity contribution in [1.29, 1.82) is 0 Å². The van der Waals surface area contributed by atoms with Crippen molar-refractivity contribution in [3.05, 3.63) is 57.6 Å². The van der Waals surface area contributed by atoms with E-state index in [0.717, 1.165) is 49.5 Å². The molecule has 0 aliphatic rings. The van der Waals surface area contributed by atoms with Crippen LogP contribution in [0.25, 0.3) is 10.2 Å². The maximum Gasteiger partial charge on any atom is 0.260 e. The standard InChI is InChI=1S/C21H24BrN3OS.ClH/c1-14-6-7-15(2)17(12-14)20(26)25(11-5-10-24(3)4)21-23-18-9-8-16(22)13-19(18)27-21;/h6-9,12-13H,5,10-11H2,1-4H3;1H. The van der Waals surface area contributed by atoms with Crippen LogP contribution < -0.4 is 4.90 Å². The lowest BCUT2D eigenvalue weighted by Crippen LogP contribution is -2.34. The Kier molecular flexibility index (Phi) is 8.01. The fraction of sp³-hybridized carbons (Fsp3) is 0.333. The van der Waals surface area contributed by atoms with E-state index in [4.69, 9.17) is 4.98 Å². The first-order valence-corrected chi connectivity index (χ1v) is 10.6. The molecule has 0 saturated carbocycles. The van der Waals surface area contributed by atoms with Crippen LogP contribution in [-0.2, 0) is 0 Å². The van der Waals surface area contributed by atoms with Crippen LogP contribution in [0, 0.1) is 13.8 Å². The van der Waals surface area contributed by atoms with Gasteiger partial charge in [-0.05, 0) is 70.7 Å². The van der Waals surface area contributed by atoms with E-state index in [0.29, 0.717) is 6.54 Å². The summed E-state index contributed by atoms with van der Waals surface area (Å²) >= 11 is 5.07. The highest BCUT2D eigenvalue weighted by Crippen LogP contribution is 2.32. The Hall–Kier alpha value is -1.47. The van der Waals surface area contributed by atoms with Gasteiger partial charge in [-0.3, -0.25) is 9.69 Å². The average Bonchev–Trinajstić information content (AvgIpc) is 3.02. The van der Waals surface area contributed by atoms with Gasteiger partial charge in [0.05, 0.1) is 10.2 Å². The minimum Gasteiger partial charge on any atom is -0.309 e. The van der Waals surface area contributed by atoms with Gasteiger partial charge in [0.2, 0.25) is 0 Å². The van der Waals surface area contributed by atoms with E-state index in [2.05, 4.69) is 26.9 Å². The van der Waals surface area contributed by atoms with Gasteiger partial charge in [0.1, 0.15) is 0 Å². The van der Waals surface area contributed by atoms with Gasteiger partial charge in [-0.2, -0.15) is 0 Å². The molecule has 1 aromatic heterocycles. The van der Waals surface area contributed by atoms with Crippen molar-refractivity contribution in [2.24, 2.45) is 0 Å². The molecule has 4 nitrogen and oxygen atoms in total. The zero-order valence-electron chi connectivity index (χ0n) is 16.5. The summed E-state index contributed by atoms with van der Waals surface area (Å²) in [6.45, 7) is 5.57. The molecule has 0 aliphatic carbocycles. The molecule has 0 radical (unpaired) electrons. The molecule has 0 aliphatic heterocycles. The fourth-order valence-electron chi connectivity index (χ4n) is 2.94. The lowest BCUT2D eigenvalue weighted by Gasteiger charge is -2.22. The summed E-state index contributed by atoms with van der Waals surface area (Å²) in [7, 11) is 4.10. The highest BCUT2D eigenvalue weighted by atomic mass is 79.9. The SMILES string of the molecule is Cc1ccc(C)c(C(=O)N(CCCN(C)C)c2nc3ccc(Br)cc3s2)c1.Cl. The minimum absolute atomic E-state index is 0. The van der Waals surface area contributed by atoms with Gasteiger partial charge >= 0.3 is 0 Å². The molecule has 0 saturated heterocycles. The second-order valence-corrected chi connectivity index (χ2v) is 8.97. The molecule has 0 spiro atoms. The number of amides is 1. The quantitative estimate of drug-likeness (QED) is 0.452. The molecule has 3 aromatic rings. The lowest BCUT2D eigenvalue weighted by molar-refractivity contribution is 0.0985. The minimum atomic E-state index is 0. The molecule has 3 rings (SSSR count). The number of fused-ring (bicyclic) bond motifs is 1. The maximum absolute atomic E-state index is 13.4. The monoisotopic (exact) mass is 481 g/mol. The average molecular weight is 483 g/mol. The summed E-state index contributed by atoms with van der Waals surface area (Å²) in [5.41, 5.74) is 3.75. The molecule has 0 fully saturated rings. The summed E-state index contributed by atoms with van der Waals surface area (Å²) in [5, 5.41) is 0.757. The summed E-state index contributed by atoms with van der Waals surface area (Å²) < 4.78 is 2.09. The van der Waals surface area contributed by atoms with Gasteiger partial charge in [0.25, 0.3) is 5.91 Å². The van der Waals surface area contributed by atoms with Gasteiger partial charge in [0, 0.05) is 16.6 Å². The number of aryl methyl sites for hydroxylation is 2. The maximum atomic E-state index is 13.4. The summed E-state index contributed by atoms with van der Waals surface area (Å²) in [6.07, 6.45) is 0.892. The summed E-state index contributed by atoms with van der Waals surface area (Å²) in [4.78, 5) is 22.1. The van der Waals surface area contributed by atoms with E-state index in [1.807, 2.05) is 63.2 Å². The number of rotatable bonds is 6. The van der Waals surface area contributed by atoms with Crippen molar-refractivity contribution < 1.29 is 4.79 Å². The van der Waals surface area contributed by atoms with E-state index in [1.165, 1.54) is 0 Å².